The third kappa shape index (κ3) is 3.97. The van der Waals surface area contributed by atoms with E-state index in [9.17, 15) is 4.79 Å². The van der Waals surface area contributed by atoms with E-state index >= 15 is 0 Å². The topological polar surface area (TPSA) is 55.1 Å². The molecule has 1 heterocycles. The first-order valence-corrected chi connectivity index (χ1v) is 7.57. The number of thiophene rings is 1. The normalized spacial score (nSPS) is 17.9. The molecular formula is C13H19ClN2OS. The fourth-order valence-corrected chi connectivity index (χ4v) is 3.54. The van der Waals surface area contributed by atoms with Gasteiger partial charge in [0, 0.05) is 23.4 Å². The van der Waals surface area contributed by atoms with Crippen LogP contribution in [0.25, 0.3) is 0 Å². The van der Waals surface area contributed by atoms with Crippen LogP contribution < -0.4 is 11.1 Å². The summed E-state index contributed by atoms with van der Waals surface area (Å²) in [5.41, 5.74) is 5.92. The molecular weight excluding hydrogens is 268 g/mol. The Labute approximate surface area is 117 Å². The molecule has 1 aromatic heterocycles. The Kier molecular flexibility index (Phi) is 4.65. The first kappa shape index (κ1) is 13.8. The first-order valence-electron chi connectivity index (χ1n) is 6.37. The maximum atomic E-state index is 11.8. The molecule has 18 heavy (non-hydrogen) atoms. The van der Waals surface area contributed by atoms with Gasteiger partial charge in [-0.25, -0.2) is 0 Å². The summed E-state index contributed by atoms with van der Waals surface area (Å²) in [6, 6.07) is 3.89. The van der Waals surface area contributed by atoms with Crippen LogP contribution in [0, 0.1) is 0 Å². The van der Waals surface area contributed by atoms with Crippen LogP contribution in [-0.2, 0) is 11.2 Å². The highest BCUT2D eigenvalue weighted by Crippen LogP contribution is 2.29. The van der Waals surface area contributed by atoms with Crippen LogP contribution in [0.3, 0.4) is 0 Å². The van der Waals surface area contributed by atoms with Crippen molar-refractivity contribution in [1.29, 1.82) is 0 Å². The standard InChI is InChI=1S/C13H19ClN2OS/c14-11-4-3-10(18-11)5-8-16-12(17)9-13(15)6-1-2-7-13/h3-4H,1-2,5-9,15H2,(H,16,17). The van der Waals surface area contributed by atoms with E-state index in [4.69, 9.17) is 17.3 Å². The van der Waals surface area contributed by atoms with E-state index in [2.05, 4.69) is 5.32 Å². The lowest BCUT2D eigenvalue weighted by Gasteiger charge is -2.22. The molecule has 0 unspecified atom stereocenters. The molecule has 0 spiro atoms. The number of nitrogens with one attached hydrogen (secondary N) is 1. The van der Waals surface area contributed by atoms with Crippen molar-refractivity contribution in [2.45, 2.75) is 44.1 Å². The van der Waals surface area contributed by atoms with Gasteiger partial charge in [0.05, 0.1) is 4.34 Å². The van der Waals surface area contributed by atoms with Gasteiger partial charge in [0.2, 0.25) is 5.91 Å². The van der Waals surface area contributed by atoms with Crippen LogP contribution in [0.5, 0.6) is 0 Å². The average molecular weight is 287 g/mol. The molecule has 0 aromatic carbocycles. The van der Waals surface area contributed by atoms with E-state index in [-0.39, 0.29) is 11.4 Å². The van der Waals surface area contributed by atoms with Gasteiger partial charge in [0.25, 0.3) is 0 Å². The molecule has 5 heteroatoms. The molecule has 1 aromatic rings. The molecule has 2 rings (SSSR count). The van der Waals surface area contributed by atoms with Gasteiger partial charge in [0.1, 0.15) is 0 Å². The fourth-order valence-electron chi connectivity index (χ4n) is 2.45. The monoisotopic (exact) mass is 286 g/mol. The Bertz CT molecular complexity index is 413. The van der Waals surface area contributed by atoms with Gasteiger partial charge in [-0.1, -0.05) is 24.4 Å². The Morgan fingerprint density at radius 2 is 2.17 bits per heavy atom. The Hall–Kier alpha value is -0.580. The molecule has 0 aliphatic heterocycles. The summed E-state index contributed by atoms with van der Waals surface area (Å²) >= 11 is 7.41. The molecule has 1 fully saturated rings. The number of carbonyl (C=O) groups excluding carboxylic acids is 1. The number of rotatable bonds is 5. The van der Waals surface area contributed by atoms with Crippen LogP contribution in [-0.4, -0.2) is 18.0 Å². The highest BCUT2D eigenvalue weighted by atomic mass is 35.5. The zero-order valence-electron chi connectivity index (χ0n) is 10.4. The SMILES string of the molecule is NC1(CC(=O)NCCc2ccc(Cl)s2)CCCC1. The van der Waals surface area contributed by atoms with Gasteiger partial charge in [-0.05, 0) is 31.4 Å². The van der Waals surface area contributed by atoms with Crippen molar-refractivity contribution in [3.8, 4) is 0 Å². The highest BCUT2D eigenvalue weighted by Gasteiger charge is 2.31. The van der Waals surface area contributed by atoms with Crippen molar-refractivity contribution in [1.82, 2.24) is 5.32 Å². The largest absolute Gasteiger partial charge is 0.356 e. The molecule has 1 saturated carbocycles. The van der Waals surface area contributed by atoms with Gasteiger partial charge in [-0.3, -0.25) is 4.79 Å². The lowest BCUT2D eigenvalue weighted by atomic mass is 9.94. The van der Waals surface area contributed by atoms with Crippen LogP contribution in [0.2, 0.25) is 4.34 Å². The van der Waals surface area contributed by atoms with Crippen LogP contribution >= 0.6 is 22.9 Å². The molecule has 3 nitrogen and oxygen atoms in total. The van der Waals surface area contributed by atoms with Crippen molar-refractivity contribution in [2.75, 3.05) is 6.54 Å². The van der Waals surface area contributed by atoms with Crippen molar-refractivity contribution in [2.24, 2.45) is 5.73 Å². The summed E-state index contributed by atoms with van der Waals surface area (Å²) in [5.74, 6) is 0.0713. The van der Waals surface area contributed by atoms with Crippen LogP contribution in [0.1, 0.15) is 37.0 Å². The molecule has 0 bridgehead atoms. The van der Waals surface area contributed by atoms with E-state index in [1.54, 1.807) is 11.3 Å². The van der Waals surface area contributed by atoms with E-state index in [0.717, 1.165) is 36.4 Å². The minimum Gasteiger partial charge on any atom is -0.356 e. The maximum Gasteiger partial charge on any atom is 0.221 e. The summed E-state index contributed by atoms with van der Waals surface area (Å²) in [5, 5.41) is 2.94. The third-order valence-corrected chi connectivity index (χ3v) is 4.73. The minimum atomic E-state index is -0.254. The maximum absolute atomic E-state index is 11.8. The lowest BCUT2D eigenvalue weighted by molar-refractivity contribution is -0.122. The average Bonchev–Trinajstić information content (AvgIpc) is 2.88. The molecule has 1 aliphatic rings. The number of amides is 1. The Balaban J connectivity index is 1.68. The molecule has 0 radical (unpaired) electrons. The first-order chi connectivity index (χ1) is 8.57. The summed E-state index contributed by atoms with van der Waals surface area (Å²) in [7, 11) is 0. The van der Waals surface area contributed by atoms with E-state index in [1.807, 2.05) is 12.1 Å². The zero-order valence-corrected chi connectivity index (χ0v) is 11.9. The quantitative estimate of drug-likeness (QED) is 0.874. The van der Waals surface area contributed by atoms with Crippen molar-refractivity contribution < 1.29 is 4.79 Å². The predicted molar refractivity (Wildman–Crippen MR) is 76.0 cm³/mol. The Morgan fingerprint density at radius 3 is 2.78 bits per heavy atom. The molecule has 1 amide bonds. The smallest absolute Gasteiger partial charge is 0.221 e. The Morgan fingerprint density at radius 1 is 1.44 bits per heavy atom. The van der Waals surface area contributed by atoms with Crippen LogP contribution in [0.4, 0.5) is 0 Å². The molecule has 1 aliphatic carbocycles. The zero-order chi connectivity index (χ0) is 13.0. The molecule has 100 valence electrons. The second kappa shape index (κ2) is 6.04. The summed E-state index contributed by atoms with van der Waals surface area (Å²) in [6.45, 7) is 0.658. The fraction of sp³-hybridized carbons (Fsp3) is 0.615. The predicted octanol–water partition coefficient (Wildman–Crippen LogP) is 2.72. The number of halogens is 1. The van der Waals surface area contributed by atoms with E-state index in [1.165, 1.54) is 4.88 Å². The third-order valence-electron chi connectivity index (χ3n) is 3.43. The van der Waals surface area contributed by atoms with Crippen molar-refractivity contribution in [3.63, 3.8) is 0 Å². The minimum absolute atomic E-state index is 0.0713. The van der Waals surface area contributed by atoms with Crippen molar-refractivity contribution in [3.05, 3.63) is 21.3 Å². The second-order valence-corrected chi connectivity index (χ2v) is 6.85. The van der Waals surface area contributed by atoms with Gasteiger partial charge in [-0.2, -0.15) is 0 Å². The number of hydrogen-bond donors (Lipinski definition) is 2. The molecule has 3 N–H and O–H groups in total. The van der Waals surface area contributed by atoms with Gasteiger partial charge >= 0.3 is 0 Å². The van der Waals surface area contributed by atoms with Gasteiger partial charge in [-0.15, -0.1) is 11.3 Å². The van der Waals surface area contributed by atoms with Crippen molar-refractivity contribution >= 4 is 28.8 Å². The summed E-state index contributed by atoms with van der Waals surface area (Å²) in [6.07, 6.45) is 5.54. The molecule has 0 saturated heterocycles. The summed E-state index contributed by atoms with van der Waals surface area (Å²) < 4.78 is 0.795. The number of carbonyl (C=O) groups is 1. The molecule has 0 atom stereocenters. The van der Waals surface area contributed by atoms with E-state index in [0.29, 0.717) is 13.0 Å². The van der Waals surface area contributed by atoms with E-state index < -0.39 is 0 Å². The highest BCUT2D eigenvalue weighted by molar-refractivity contribution is 7.16. The number of nitrogens with two attached hydrogens (primary N) is 1. The summed E-state index contributed by atoms with van der Waals surface area (Å²) in [4.78, 5) is 13.0. The van der Waals surface area contributed by atoms with Gasteiger partial charge in [0.15, 0.2) is 0 Å². The van der Waals surface area contributed by atoms with Gasteiger partial charge < -0.3 is 11.1 Å². The second-order valence-electron chi connectivity index (χ2n) is 5.05. The van der Waals surface area contributed by atoms with Crippen LogP contribution in [0.15, 0.2) is 12.1 Å². The lowest BCUT2D eigenvalue weighted by Crippen LogP contribution is -2.42. The number of hydrogen-bond acceptors (Lipinski definition) is 3.